The van der Waals surface area contributed by atoms with Gasteiger partial charge in [0.25, 0.3) is 0 Å². The van der Waals surface area contributed by atoms with Crippen LogP contribution < -0.4 is 10.1 Å². The third-order valence-electron chi connectivity index (χ3n) is 4.15. The van der Waals surface area contributed by atoms with Crippen molar-refractivity contribution in [3.05, 3.63) is 29.8 Å². The monoisotopic (exact) mass is 292 g/mol. The van der Waals surface area contributed by atoms with E-state index >= 15 is 0 Å². The number of rotatable bonds is 8. The SMILES string of the molecule is CCNCc1ccccc1OCCN(C)C(C)C(C)(C)C. The van der Waals surface area contributed by atoms with E-state index in [1.54, 1.807) is 0 Å². The second kappa shape index (κ2) is 8.40. The van der Waals surface area contributed by atoms with Gasteiger partial charge in [0.1, 0.15) is 12.4 Å². The molecule has 21 heavy (non-hydrogen) atoms. The fourth-order valence-electron chi connectivity index (χ4n) is 2.20. The lowest BCUT2D eigenvalue weighted by atomic mass is 9.87. The molecular weight excluding hydrogens is 260 g/mol. The average molecular weight is 292 g/mol. The Morgan fingerprint density at radius 2 is 1.90 bits per heavy atom. The van der Waals surface area contributed by atoms with Crippen molar-refractivity contribution in [2.24, 2.45) is 5.41 Å². The Morgan fingerprint density at radius 3 is 2.52 bits per heavy atom. The predicted molar refractivity (Wildman–Crippen MR) is 90.9 cm³/mol. The Bertz CT molecular complexity index is 412. The molecule has 0 heterocycles. The van der Waals surface area contributed by atoms with E-state index < -0.39 is 0 Å². The van der Waals surface area contributed by atoms with E-state index in [4.69, 9.17) is 4.74 Å². The number of hydrogen-bond acceptors (Lipinski definition) is 3. The van der Waals surface area contributed by atoms with Gasteiger partial charge in [-0.25, -0.2) is 0 Å². The van der Waals surface area contributed by atoms with E-state index in [9.17, 15) is 0 Å². The Morgan fingerprint density at radius 1 is 1.24 bits per heavy atom. The van der Waals surface area contributed by atoms with Gasteiger partial charge in [-0.1, -0.05) is 45.9 Å². The maximum absolute atomic E-state index is 5.99. The number of likely N-dealkylation sites (N-methyl/N-ethyl adjacent to an activating group) is 1. The molecule has 120 valence electrons. The Kier molecular flexibility index (Phi) is 7.20. The lowest BCUT2D eigenvalue weighted by molar-refractivity contribution is 0.121. The molecule has 3 nitrogen and oxygen atoms in total. The molecule has 1 aromatic carbocycles. The Labute approximate surface area is 130 Å². The quantitative estimate of drug-likeness (QED) is 0.793. The zero-order valence-corrected chi connectivity index (χ0v) is 14.6. The second-order valence-corrected chi connectivity index (χ2v) is 6.76. The van der Waals surface area contributed by atoms with Crippen molar-refractivity contribution >= 4 is 0 Å². The highest BCUT2D eigenvalue weighted by atomic mass is 16.5. The topological polar surface area (TPSA) is 24.5 Å². The fourth-order valence-corrected chi connectivity index (χ4v) is 2.20. The van der Waals surface area contributed by atoms with Crippen molar-refractivity contribution in [3.63, 3.8) is 0 Å². The van der Waals surface area contributed by atoms with Crippen molar-refractivity contribution in [2.45, 2.75) is 47.2 Å². The molecule has 0 saturated carbocycles. The number of ether oxygens (including phenoxy) is 1. The normalized spacial score (nSPS) is 13.5. The molecule has 0 aliphatic rings. The summed E-state index contributed by atoms with van der Waals surface area (Å²) in [5, 5.41) is 3.35. The molecule has 0 aromatic heterocycles. The van der Waals surface area contributed by atoms with Crippen LogP contribution in [0.2, 0.25) is 0 Å². The Hall–Kier alpha value is -1.06. The van der Waals surface area contributed by atoms with Crippen molar-refractivity contribution in [3.8, 4) is 5.75 Å². The van der Waals surface area contributed by atoms with Gasteiger partial charge >= 0.3 is 0 Å². The van der Waals surface area contributed by atoms with Crippen LogP contribution in [0.5, 0.6) is 5.75 Å². The molecule has 1 aromatic rings. The fraction of sp³-hybridized carbons (Fsp3) is 0.667. The first-order valence-electron chi connectivity index (χ1n) is 7.98. The molecule has 1 rings (SSSR count). The lowest BCUT2D eigenvalue weighted by Crippen LogP contribution is -2.41. The van der Waals surface area contributed by atoms with Crippen LogP contribution in [-0.2, 0) is 6.54 Å². The van der Waals surface area contributed by atoms with Crippen LogP contribution in [0.4, 0.5) is 0 Å². The smallest absolute Gasteiger partial charge is 0.123 e. The maximum Gasteiger partial charge on any atom is 0.123 e. The number of benzene rings is 1. The van der Waals surface area contributed by atoms with Crippen molar-refractivity contribution in [1.29, 1.82) is 0 Å². The van der Waals surface area contributed by atoms with Gasteiger partial charge in [-0.15, -0.1) is 0 Å². The van der Waals surface area contributed by atoms with Crippen LogP contribution in [0.25, 0.3) is 0 Å². The summed E-state index contributed by atoms with van der Waals surface area (Å²) in [5.41, 5.74) is 1.52. The van der Waals surface area contributed by atoms with Crippen molar-refractivity contribution in [1.82, 2.24) is 10.2 Å². The third kappa shape index (κ3) is 6.06. The van der Waals surface area contributed by atoms with E-state index in [2.05, 4.69) is 70.1 Å². The summed E-state index contributed by atoms with van der Waals surface area (Å²) in [6, 6.07) is 8.80. The summed E-state index contributed by atoms with van der Waals surface area (Å²) in [7, 11) is 2.17. The van der Waals surface area contributed by atoms with Gasteiger partial charge < -0.3 is 10.1 Å². The van der Waals surface area contributed by atoms with Crippen molar-refractivity contribution < 1.29 is 4.74 Å². The molecule has 0 amide bonds. The van der Waals surface area contributed by atoms with Crippen LogP contribution in [0.15, 0.2) is 24.3 Å². The molecule has 0 bridgehead atoms. The van der Waals surface area contributed by atoms with Crippen LogP contribution in [0.1, 0.15) is 40.2 Å². The maximum atomic E-state index is 5.99. The third-order valence-corrected chi connectivity index (χ3v) is 4.15. The molecular formula is C18H32N2O. The van der Waals surface area contributed by atoms with Gasteiger partial charge in [0.05, 0.1) is 0 Å². The first-order chi connectivity index (χ1) is 9.86. The van der Waals surface area contributed by atoms with Crippen LogP contribution >= 0.6 is 0 Å². The molecule has 0 spiro atoms. The molecule has 1 unspecified atom stereocenters. The summed E-state index contributed by atoms with van der Waals surface area (Å²) in [6.45, 7) is 14.7. The summed E-state index contributed by atoms with van der Waals surface area (Å²) in [5.74, 6) is 0.996. The van der Waals surface area contributed by atoms with Gasteiger partial charge in [0.2, 0.25) is 0 Å². The Balaban J connectivity index is 2.49. The van der Waals surface area contributed by atoms with E-state index in [1.807, 2.05) is 6.07 Å². The summed E-state index contributed by atoms with van der Waals surface area (Å²) in [6.07, 6.45) is 0. The zero-order valence-electron chi connectivity index (χ0n) is 14.6. The highest BCUT2D eigenvalue weighted by Crippen LogP contribution is 2.23. The zero-order chi connectivity index (χ0) is 15.9. The van der Waals surface area contributed by atoms with Crippen LogP contribution in [-0.4, -0.2) is 37.7 Å². The van der Waals surface area contributed by atoms with E-state index in [-0.39, 0.29) is 5.41 Å². The highest BCUT2D eigenvalue weighted by Gasteiger charge is 2.23. The minimum absolute atomic E-state index is 0.289. The van der Waals surface area contributed by atoms with E-state index in [0.717, 1.165) is 32.0 Å². The molecule has 3 heteroatoms. The highest BCUT2D eigenvalue weighted by molar-refractivity contribution is 5.33. The molecule has 0 fully saturated rings. The number of hydrogen-bond donors (Lipinski definition) is 1. The lowest BCUT2D eigenvalue weighted by Gasteiger charge is -2.35. The van der Waals surface area contributed by atoms with Crippen molar-refractivity contribution in [2.75, 3.05) is 26.7 Å². The molecule has 0 aliphatic heterocycles. The van der Waals surface area contributed by atoms with E-state index in [1.165, 1.54) is 5.56 Å². The number of nitrogens with one attached hydrogen (secondary N) is 1. The first-order valence-corrected chi connectivity index (χ1v) is 7.98. The molecule has 0 saturated heterocycles. The molecule has 1 N–H and O–H groups in total. The molecule has 0 aliphatic carbocycles. The summed E-state index contributed by atoms with van der Waals surface area (Å²) >= 11 is 0. The number of para-hydroxylation sites is 1. The second-order valence-electron chi connectivity index (χ2n) is 6.76. The van der Waals surface area contributed by atoms with Gasteiger partial charge in [-0.05, 0) is 32.0 Å². The van der Waals surface area contributed by atoms with Gasteiger partial charge in [-0.3, -0.25) is 4.90 Å². The summed E-state index contributed by atoms with van der Waals surface area (Å²) in [4.78, 5) is 2.37. The van der Waals surface area contributed by atoms with Gasteiger partial charge in [-0.2, -0.15) is 0 Å². The number of nitrogens with zero attached hydrogens (tertiary/aromatic N) is 1. The molecule has 1 atom stereocenters. The van der Waals surface area contributed by atoms with Gasteiger partial charge in [0, 0.05) is 24.7 Å². The minimum atomic E-state index is 0.289. The van der Waals surface area contributed by atoms with Crippen LogP contribution in [0, 0.1) is 5.41 Å². The predicted octanol–water partition coefficient (Wildman–Crippen LogP) is 3.54. The largest absolute Gasteiger partial charge is 0.492 e. The van der Waals surface area contributed by atoms with E-state index in [0.29, 0.717) is 6.04 Å². The van der Waals surface area contributed by atoms with Crippen LogP contribution in [0.3, 0.4) is 0 Å². The minimum Gasteiger partial charge on any atom is -0.492 e. The summed E-state index contributed by atoms with van der Waals surface area (Å²) < 4.78 is 5.99. The average Bonchev–Trinajstić information content (AvgIpc) is 2.44. The van der Waals surface area contributed by atoms with Gasteiger partial charge in [0.15, 0.2) is 0 Å². The molecule has 0 radical (unpaired) electrons. The first kappa shape index (κ1) is 18.0. The standard InChI is InChI=1S/C18H32N2O/c1-7-19-14-16-10-8-9-11-17(16)21-13-12-20(6)15(2)18(3,4)5/h8-11,15,19H,7,12-14H2,1-6H3.